The number of imide groups is 1. The molecule has 3 aromatic carbocycles. The number of anilines is 1. The summed E-state index contributed by atoms with van der Waals surface area (Å²) >= 11 is 0. The number of halogens is 1. The lowest BCUT2D eigenvalue weighted by molar-refractivity contribution is -0.137. The van der Waals surface area contributed by atoms with E-state index in [4.69, 9.17) is 0 Å². The van der Waals surface area contributed by atoms with E-state index in [0.29, 0.717) is 16.7 Å². The van der Waals surface area contributed by atoms with Gasteiger partial charge in [0.15, 0.2) is 0 Å². The summed E-state index contributed by atoms with van der Waals surface area (Å²) in [6.45, 7) is 3.99. The van der Waals surface area contributed by atoms with Crippen LogP contribution in [-0.2, 0) is 16.1 Å². The highest BCUT2D eigenvalue weighted by atomic mass is 19.1. The lowest BCUT2D eigenvalue weighted by atomic mass is 10.0. The number of rotatable bonds is 5. The van der Waals surface area contributed by atoms with Crippen molar-refractivity contribution in [3.63, 3.8) is 0 Å². The van der Waals surface area contributed by atoms with Crippen molar-refractivity contribution in [3.05, 3.63) is 107 Å². The lowest BCUT2D eigenvalue weighted by Crippen LogP contribution is -2.32. The highest BCUT2D eigenvalue weighted by molar-refractivity contribution is 6.36. The molecule has 0 aromatic heterocycles. The molecule has 1 aliphatic heterocycles. The minimum atomic E-state index is -0.399. The van der Waals surface area contributed by atoms with Gasteiger partial charge in [0.2, 0.25) is 0 Å². The van der Waals surface area contributed by atoms with Crippen molar-refractivity contribution in [1.82, 2.24) is 4.90 Å². The van der Waals surface area contributed by atoms with Gasteiger partial charge in [-0.3, -0.25) is 14.5 Å². The zero-order chi connectivity index (χ0) is 21.3. The second-order valence-electron chi connectivity index (χ2n) is 7.38. The maximum Gasteiger partial charge on any atom is 0.278 e. The predicted octanol–water partition coefficient (Wildman–Crippen LogP) is 4.83. The first-order valence-corrected chi connectivity index (χ1v) is 9.68. The summed E-state index contributed by atoms with van der Waals surface area (Å²) in [5, 5.41) is 3.21. The molecule has 0 aliphatic carbocycles. The fourth-order valence-electron chi connectivity index (χ4n) is 3.49. The van der Waals surface area contributed by atoms with Crippen molar-refractivity contribution in [3.8, 4) is 0 Å². The van der Waals surface area contributed by atoms with Gasteiger partial charge in [-0.2, -0.15) is 0 Å². The Morgan fingerprint density at radius 1 is 0.867 bits per heavy atom. The smallest absolute Gasteiger partial charge is 0.278 e. The monoisotopic (exact) mass is 400 g/mol. The van der Waals surface area contributed by atoms with Crippen LogP contribution in [0.4, 0.5) is 10.1 Å². The Bertz CT molecular complexity index is 1150. The van der Waals surface area contributed by atoms with Gasteiger partial charge in [-0.15, -0.1) is 0 Å². The zero-order valence-corrected chi connectivity index (χ0v) is 16.8. The van der Waals surface area contributed by atoms with E-state index in [9.17, 15) is 14.0 Å². The van der Waals surface area contributed by atoms with Crippen LogP contribution in [0.2, 0.25) is 0 Å². The Kier molecular flexibility index (Phi) is 5.19. The van der Waals surface area contributed by atoms with E-state index in [-0.39, 0.29) is 24.0 Å². The second kappa shape index (κ2) is 7.95. The van der Waals surface area contributed by atoms with E-state index in [1.54, 1.807) is 12.1 Å². The molecule has 0 spiro atoms. The van der Waals surface area contributed by atoms with Gasteiger partial charge in [0.25, 0.3) is 11.8 Å². The fraction of sp³-hybridized carbons (Fsp3) is 0.120. The van der Waals surface area contributed by atoms with Crippen LogP contribution in [0.15, 0.2) is 78.5 Å². The van der Waals surface area contributed by atoms with Crippen molar-refractivity contribution in [2.75, 3.05) is 5.32 Å². The second-order valence-corrected chi connectivity index (χ2v) is 7.38. The van der Waals surface area contributed by atoms with Crippen LogP contribution >= 0.6 is 0 Å². The van der Waals surface area contributed by atoms with Gasteiger partial charge in [-0.1, -0.05) is 54.6 Å². The summed E-state index contributed by atoms with van der Waals surface area (Å²) in [6.07, 6.45) is 0. The number of benzene rings is 3. The molecule has 1 aliphatic rings. The van der Waals surface area contributed by atoms with Gasteiger partial charge >= 0.3 is 0 Å². The van der Waals surface area contributed by atoms with E-state index in [0.717, 1.165) is 16.8 Å². The Balaban J connectivity index is 1.75. The fourth-order valence-corrected chi connectivity index (χ4v) is 3.49. The quantitative estimate of drug-likeness (QED) is 0.624. The number of amides is 2. The van der Waals surface area contributed by atoms with E-state index in [2.05, 4.69) is 5.32 Å². The molecule has 1 N–H and O–H groups in total. The number of carbonyl (C=O) groups is 2. The van der Waals surface area contributed by atoms with Crippen molar-refractivity contribution < 1.29 is 14.0 Å². The molecule has 1 heterocycles. The third-order valence-corrected chi connectivity index (χ3v) is 5.14. The molecule has 0 bridgehead atoms. The Labute approximate surface area is 174 Å². The van der Waals surface area contributed by atoms with Crippen LogP contribution in [0.1, 0.15) is 22.3 Å². The Morgan fingerprint density at radius 2 is 1.57 bits per heavy atom. The number of hydrogen-bond donors (Lipinski definition) is 1. The summed E-state index contributed by atoms with van der Waals surface area (Å²) in [7, 11) is 0. The molecule has 4 rings (SSSR count). The molecule has 2 amide bonds. The lowest BCUT2D eigenvalue weighted by Gasteiger charge is -2.16. The first kappa shape index (κ1) is 19.6. The maximum atomic E-state index is 13.3. The van der Waals surface area contributed by atoms with Gasteiger partial charge in [0.1, 0.15) is 11.5 Å². The molecule has 150 valence electrons. The molecule has 0 radical (unpaired) electrons. The largest absolute Gasteiger partial charge is 0.350 e. The van der Waals surface area contributed by atoms with Crippen LogP contribution in [-0.4, -0.2) is 16.7 Å². The van der Waals surface area contributed by atoms with Crippen LogP contribution in [0.25, 0.3) is 5.57 Å². The highest BCUT2D eigenvalue weighted by Crippen LogP contribution is 2.32. The van der Waals surface area contributed by atoms with Crippen molar-refractivity contribution >= 4 is 23.1 Å². The first-order chi connectivity index (χ1) is 14.4. The van der Waals surface area contributed by atoms with Crippen LogP contribution < -0.4 is 5.32 Å². The maximum absolute atomic E-state index is 13.3. The molecule has 0 fully saturated rings. The summed E-state index contributed by atoms with van der Waals surface area (Å²) < 4.78 is 13.2. The van der Waals surface area contributed by atoms with Crippen LogP contribution in [0.5, 0.6) is 0 Å². The summed E-state index contributed by atoms with van der Waals surface area (Å²) in [6, 6.07) is 20.9. The minimum Gasteiger partial charge on any atom is -0.350 e. The molecule has 0 saturated heterocycles. The third-order valence-electron chi connectivity index (χ3n) is 5.14. The Morgan fingerprint density at radius 3 is 2.27 bits per heavy atom. The van der Waals surface area contributed by atoms with Crippen molar-refractivity contribution in [2.45, 2.75) is 20.4 Å². The molecule has 0 atom stereocenters. The molecule has 5 heteroatoms. The van der Waals surface area contributed by atoms with Crippen LogP contribution in [0, 0.1) is 19.7 Å². The summed E-state index contributed by atoms with van der Waals surface area (Å²) in [5.41, 5.74) is 4.74. The molecule has 4 nitrogen and oxygen atoms in total. The van der Waals surface area contributed by atoms with E-state index >= 15 is 0 Å². The standard InChI is InChI=1S/C25H21FN2O2/c1-16-8-9-17(2)21(14-16)27-23-22(19-6-4-3-5-7-19)24(29)28(25(23)30)15-18-10-12-20(26)13-11-18/h3-14,27H,15H2,1-2H3. The molecule has 30 heavy (non-hydrogen) atoms. The molecule has 0 unspecified atom stereocenters. The zero-order valence-electron chi connectivity index (χ0n) is 16.8. The normalized spacial score (nSPS) is 13.9. The average Bonchev–Trinajstić information content (AvgIpc) is 2.97. The highest BCUT2D eigenvalue weighted by Gasteiger charge is 2.39. The Hall–Kier alpha value is -3.73. The molecular formula is C25H21FN2O2. The van der Waals surface area contributed by atoms with Gasteiger partial charge in [0.05, 0.1) is 12.1 Å². The van der Waals surface area contributed by atoms with Crippen molar-refractivity contribution in [2.24, 2.45) is 0 Å². The average molecular weight is 400 g/mol. The number of aryl methyl sites for hydroxylation is 2. The van der Waals surface area contributed by atoms with Gasteiger partial charge in [-0.25, -0.2) is 4.39 Å². The van der Waals surface area contributed by atoms with E-state index in [1.165, 1.54) is 17.0 Å². The van der Waals surface area contributed by atoms with E-state index < -0.39 is 5.91 Å². The predicted molar refractivity (Wildman–Crippen MR) is 115 cm³/mol. The van der Waals surface area contributed by atoms with Crippen LogP contribution in [0.3, 0.4) is 0 Å². The number of nitrogens with zero attached hydrogens (tertiary/aromatic N) is 1. The van der Waals surface area contributed by atoms with E-state index in [1.807, 2.05) is 62.4 Å². The molecule has 3 aromatic rings. The van der Waals surface area contributed by atoms with Gasteiger partial charge in [0, 0.05) is 5.69 Å². The van der Waals surface area contributed by atoms with Crippen molar-refractivity contribution in [1.29, 1.82) is 0 Å². The topological polar surface area (TPSA) is 49.4 Å². The summed E-state index contributed by atoms with van der Waals surface area (Å²) in [5.74, 6) is -1.13. The molecular weight excluding hydrogens is 379 g/mol. The minimum absolute atomic E-state index is 0.0757. The number of carbonyl (C=O) groups excluding carboxylic acids is 2. The summed E-state index contributed by atoms with van der Waals surface area (Å²) in [4.78, 5) is 27.8. The number of nitrogens with one attached hydrogen (secondary N) is 1. The number of hydrogen-bond acceptors (Lipinski definition) is 3. The third kappa shape index (κ3) is 3.74. The SMILES string of the molecule is Cc1ccc(C)c(NC2=C(c3ccccc3)C(=O)N(Cc3ccc(F)cc3)C2=O)c1. The molecule has 0 saturated carbocycles. The first-order valence-electron chi connectivity index (χ1n) is 9.68. The van der Waals surface area contributed by atoms with Gasteiger partial charge in [-0.05, 0) is 54.3 Å². The van der Waals surface area contributed by atoms with Gasteiger partial charge < -0.3 is 5.32 Å².